The number of carbonyl (C=O) groups excluding carboxylic acids is 1. The molecule has 0 amide bonds. The Balaban J connectivity index is 2.66. The Bertz CT molecular complexity index is 409. The highest BCUT2D eigenvalue weighted by Gasteiger charge is 2.16. The lowest BCUT2D eigenvalue weighted by Gasteiger charge is -2.09. The largest absolute Gasteiger partial charge is 0.464 e. The van der Waals surface area contributed by atoms with Crippen molar-refractivity contribution in [1.82, 2.24) is 0 Å². The fourth-order valence-corrected chi connectivity index (χ4v) is 1.31. The molecule has 0 aliphatic rings. The Morgan fingerprint density at radius 2 is 2.38 bits per heavy atom. The highest BCUT2D eigenvalue weighted by Crippen LogP contribution is 2.07. The van der Waals surface area contributed by atoms with Crippen LogP contribution in [0, 0.1) is 11.3 Å². The van der Waals surface area contributed by atoms with Gasteiger partial charge in [-0.05, 0) is 24.6 Å². The maximum absolute atomic E-state index is 11.2. The Morgan fingerprint density at radius 3 is 3.00 bits per heavy atom. The molecule has 1 rings (SSSR count). The second-order valence-corrected chi connectivity index (χ2v) is 3.28. The van der Waals surface area contributed by atoms with E-state index in [2.05, 4.69) is 4.74 Å². The minimum atomic E-state index is -1.17. The van der Waals surface area contributed by atoms with Crippen molar-refractivity contribution >= 4 is 5.97 Å². The topological polar surface area (TPSA) is 70.3 Å². The van der Waals surface area contributed by atoms with Crippen LogP contribution in [-0.2, 0) is 16.0 Å². The van der Waals surface area contributed by atoms with Crippen molar-refractivity contribution in [1.29, 1.82) is 5.26 Å². The number of nitriles is 1. The molecule has 0 aromatic heterocycles. The van der Waals surface area contributed by atoms with E-state index < -0.39 is 12.1 Å². The summed E-state index contributed by atoms with van der Waals surface area (Å²) in [6, 6.07) is 8.77. The molecule has 16 heavy (non-hydrogen) atoms. The number of aliphatic hydroxyl groups is 1. The molecule has 0 saturated heterocycles. The van der Waals surface area contributed by atoms with Gasteiger partial charge >= 0.3 is 5.97 Å². The number of hydrogen-bond donors (Lipinski definition) is 1. The van der Waals surface area contributed by atoms with Gasteiger partial charge in [-0.1, -0.05) is 12.1 Å². The normalized spacial score (nSPS) is 11.6. The van der Waals surface area contributed by atoms with Crippen LogP contribution in [0.15, 0.2) is 24.3 Å². The smallest absolute Gasteiger partial charge is 0.335 e. The van der Waals surface area contributed by atoms with Crippen molar-refractivity contribution in [3.05, 3.63) is 35.4 Å². The van der Waals surface area contributed by atoms with Crippen LogP contribution in [0.1, 0.15) is 18.1 Å². The van der Waals surface area contributed by atoms with Gasteiger partial charge in [0.25, 0.3) is 0 Å². The van der Waals surface area contributed by atoms with Gasteiger partial charge in [0.05, 0.1) is 18.2 Å². The van der Waals surface area contributed by atoms with Crippen LogP contribution < -0.4 is 0 Å². The van der Waals surface area contributed by atoms with E-state index in [-0.39, 0.29) is 13.0 Å². The number of carbonyl (C=O) groups is 1. The average molecular weight is 219 g/mol. The summed E-state index contributed by atoms with van der Waals surface area (Å²) in [6.07, 6.45) is -1.01. The number of benzene rings is 1. The molecule has 1 N–H and O–H groups in total. The molecule has 1 aromatic rings. The first kappa shape index (κ1) is 12.2. The molecule has 1 aromatic carbocycles. The predicted octanol–water partition coefficient (Wildman–Crippen LogP) is 1.02. The van der Waals surface area contributed by atoms with E-state index in [1.165, 1.54) is 0 Å². The molecule has 0 bridgehead atoms. The van der Waals surface area contributed by atoms with Crippen LogP contribution in [0.3, 0.4) is 0 Å². The van der Waals surface area contributed by atoms with Crippen LogP contribution in [-0.4, -0.2) is 23.8 Å². The van der Waals surface area contributed by atoms with Crippen molar-refractivity contribution in [3.8, 4) is 6.07 Å². The Morgan fingerprint density at radius 1 is 1.62 bits per heavy atom. The van der Waals surface area contributed by atoms with Gasteiger partial charge in [-0.3, -0.25) is 0 Å². The molecule has 0 radical (unpaired) electrons. The van der Waals surface area contributed by atoms with Gasteiger partial charge in [-0.25, -0.2) is 4.79 Å². The Kier molecular flexibility index (Phi) is 4.49. The Hall–Kier alpha value is -1.86. The number of hydrogen-bond acceptors (Lipinski definition) is 4. The fourth-order valence-electron chi connectivity index (χ4n) is 1.31. The van der Waals surface area contributed by atoms with E-state index in [9.17, 15) is 9.90 Å². The molecule has 0 aliphatic heterocycles. The van der Waals surface area contributed by atoms with E-state index >= 15 is 0 Å². The lowest BCUT2D eigenvalue weighted by atomic mass is 10.1. The van der Waals surface area contributed by atoms with Crippen LogP contribution in [0.2, 0.25) is 0 Å². The highest BCUT2D eigenvalue weighted by molar-refractivity contribution is 5.74. The van der Waals surface area contributed by atoms with Crippen molar-refractivity contribution in [2.24, 2.45) is 0 Å². The number of nitrogens with zero attached hydrogens (tertiary/aromatic N) is 1. The summed E-state index contributed by atoms with van der Waals surface area (Å²) in [5, 5.41) is 18.2. The van der Waals surface area contributed by atoms with Crippen molar-refractivity contribution in [2.45, 2.75) is 19.4 Å². The van der Waals surface area contributed by atoms with E-state index in [0.717, 1.165) is 5.56 Å². The van der Waals surface area contributed by atoms with Gasteiger partial charge in [0.1, 0.15) is 0 Å². The molecule has 0 unspecified atom stereocenters. The summed E-state index contributed by atoms with van der Waals surface area (Å²) >= 11 is 0. The number of aliphatic hydroxyl groups excluding tert-OH is 1. The predicted molar refractivity (Wildman–Crippen MR) is 57.5 cm³/mol. The summed E-state index contributed by atoms with van der Waals surface area (Å²) < 4.78 is 4.68. The summed E-state index contributed by atoms with van der Waals surface area (Å²) in [6.45, 7) is 1.93. The number of ether oxygens (including phenoxy) is 1. The first-order valence-corrected chi connectivity index (χ1v) is 5.01. The summed E-state index contributed by atoms with van der Waals surface area (Å²) in [4.78, 5) is 11.2. The first-order chi connectivity index (χ1) is 7.67. The summed E-state index contributed by atoms with van der Waals surface area (Å²) in [5.74, 6) is -0.634. The van der Waals surface area contributed by atoms with E-state index in [1.807, 2.05) is 6.07 Å². The minimum Gasteiger partial charge on any atom is -0.464 e. The monoisotopic (exact) mass is 219 g/mol. The maximum atomic E-state index is 11.2. The second kappa shape index (κ2) is 5.89. The SMILES string of the molecule is CCOC(=O)[C@H](O)Cc1cccc(C#N)c1. The van der Waals surface area contributed by atoms with E-state index in [0.29, 0.717) is 5.56 Å². The second-order valence-electron chi connectivity index (χ2n) is 3.28. The third kappa shape index (κ3) is 3.37. The van der Waals surface area contributed by atoms with Gasteiger partial charge in [-0.2, -0.15) is 5.26 Å². The maximum Gasteiger partial charge on any atom is 0.335 e. The minimum absolute atomic E-state index is 0.161. The third-order valence-corrected chi connectivity index (χ3v) is 2.04. The van der Waals surface area contributed by atoms with Crippen LogP contribution in [0.5, 0.6) is 0 Å². The fraction of sp³-hybridized carbons (Fsp3) is 0.333. The Labute approximate surface area is 94.1 Å². The molecule has 4 heteroatoms. The van der Waals surface area contributed by atoms with E-state index in [4.69, 9.17) is 5.26 Å². The van der Waals surface area contributed by atoms with Crippen LogP contribution in [0.4, 0.5) is 0 Å². The third-order valence-electron chi connectivity index (χ3n) is 2.04. The molecule has 4 nitrogen and oxygen atoms in total. The zero-order chi connectivity index (χ0) is 12.0. The van der Waals surface area contributed by atoms with Crippen LogP contribution in [0.25, 0.3) is 0 Å². The lowest BCUT2D eigenvalue weighted by Crippen LogP contribution is -2.25. The van der Waals surface area contributed by atoms with Gasteiger partial charge in [0.2, 0.25) is 0 Å². The number of esters is 1. The molecule has 0 spiro atoms. The van der Waals surface area contributed by atoms with Crippen LogP contribution >= 0.6 is 0 Å². The summed E-state index contributed by atoms with van der Waals surface area (Å²) in [5.41, 5.74) is 1.24. The summed E-state index contributed by atoms with van der Waals surface area (Å²) in [7, 11) is 0. The zero-order valence-corrected chi connectivity index (χ0v) is 9.01. The lowest BCUT2D eigenvalue weighted by molar-refractivity contribution is -0.152. The molecular formula is C12H13NO3. The molecule has 0 heterocycles. The van der Waals surface area contributed by atoms with Gasteiger partial charge in [-0.15, -0.1) is 0 Å². The number of rotatable bonds is 4. The van der Waals surface area contributed by atoms with Crippen molar-refractivity contribution in [2.75, 3.05) is 6.61 Å². The van der Waals surface area contributed by atoms with E-state index in [1.54, 1.807) is 31.2 Å². The quantitative estimate of drug-likeness (QED) is 0.768. The molecule has 1 atom stereocenters. The van der Waals surface area contributed by atoms with Crippen molar-refractivity contribution in [3.63, 3.8) is 0 Å². The van der Waals surface area contributed by atoms with Gasteiger partial charge in [0.15, 0.2) is 6.10 Å². The highest BCUT2D eigenvalue weighted by atomic mass is 16.5. The standard InChI is InChI=1S/C12H13NO3/c1-2-16-12(15)11(14)7-9-4-3-5-10(6-9)8-13/h3-6,11,14H,2,7H2,1H3/t11-/m1/s1. The van der Waals surface area contributed by atoms with Gasteiger partial charge < -0.3 is 9.84 Å². The van der Waals surface area contributed by atoms with Gasteiger partial charge in [0, 0.05) is 6.42 Å². The molecule has 0 aliphatic carbocycles. The molecule has 84 valence electrons. The molecule has 0 fully saturated rings. The average Bonchev–Trinajstić information content (AvgIpc) is 2.29. The van der Waals surface area contributed by atoms with Crippen molar-refractivity contribution < 1.29 is 14.6 Å². The molecule has 0 saturated carbocycles. The molecular weight excluding hydrogens is 206 g/mol. The first-order valence-electron chi connectivity index (χ1n) is 5.01. The zero-order valence-electron chi connectivity index (χ0n) is 9.01.